The molecule has 2 aromatic carbocycles. The third-order valence-electron chi connectivity index (χ3n) is 6.38. The van der Waals surface area contributed by atoms with Crippen molar-refractivity contribution in [1.82, 2.24) is 9.55 Å². The van der Waals surface area contributed by atoms with Gasteiger partial charge in [0.05, 0.1) is 23.4 Å². The number of carbonyl (C=O) groups excluding carboxylic acids is 3. The minimum atomic E-state index is -0.892. The van der Waals surface area contributed by atoms with Crippen LogP contribution in [0.4, 0.5) is 5.69 Å². The lowest BCUT2D eigenvalue weighted by molar-refractivity contribution is -0.122. The first-order chi connectivity index (χ1) is 18.7. The van der Waals surface area contributed by atoms with Crippen LogP contribution in [0.3, 0.4) is 0 Å². The number of Topliss-reactive ketones (excluding diaryl/α,β-unsaturated/α-hetero) is 1. The molecule has 0 saturated heterocycles. The van der Waals surface area contributed by atoms with Crippen molar-refractivity contribution in [3.63, 3.8) is 0 Å². The lowest BCUT2D eigenvalue weighted by atomic mass is 10.0. The summed E-state index contributed by atoms with van der Waals surface area (Å²) in [5.74, 6) is -0.0960. The highest BCUT2D eigenvalue weighted by molar-refractivity contribution is 7.20. The van der Waals surface area contributed by atoms with Crippen LogP contribution in [-0.2, 0) is 9.53 Å². The standard InChI is InChI=1S/C28H25N3O7S/c1-15-22-26(39-24(15)28(35)37-12-11-36-19-7-5-4-6-8-19)29-14-31(27(22)34)16(2)23(32)18-9-10-21-20(13-18)30-25(33)17(3)38-21/h4-10,13-14,16-17H,11-12H2,1-3H3,(H,30,33). The number of ether oxygens (including phenoxy) is 3. The fourth-order valence-electron chi connectivity index (χ4n) is 4.21. The largest absolute Gasteiger partial charge is 0.490 e. The van der Waals surface area contributed by atoms with Gasteiger partial charge in [-0.2, -0.15) is 0 Å². The second kappa shape index (κ2) is 10.7. The maximum atomic E-state index is 13.4. The molecule has 0 fully saturated rings. The van der Waals surface area contributed by atoms with E-state index in [2.05, 4.69) is 10.3 Å². The molecule has 1 aliphatic rings. The molecule has 2 unspecified atom stereocenters. The lowest BCUT2D eigenvalue weighted by Crippen LogP contribution is -2.34. The van der Waals surface area contributed by atoms with Gasteiger partial charge in [0.1, 0.15) is 34.4 Å². The van der Waals surface area contributed by atoms with E-state index in [1.165, 1.54) is 17.0 Å². The Hall–Kier alpha value is -4.51. The number of esters is 1. The van der Waals surface area contributed by atoms with Gasteiger partial charge in [-0.05, 0) is 56.7 Å². The molecular weight excluding hydrogens is 522 g/mol. The summed E-state index contributed by atoms with van der Waals surface area (Å²) in [5, 5.41) is 2.98. The van der Waals surface area contributed by atoms with Crippen LogP contribution in [0.15, 0.2) is 59.7 Å². The Morgan fingerprint density at radius 3 is 2.69 bits per heavy atom. The van der Waals surface area contributed by atoms with E-state index < -0.39 is 23.7 Å². The van der Waals surface area contributed by atoms with Crippen molar-refractivity contribution in [2.45, 2.75) is 32.9 Å². The highest BCUT2D eigenvalue weighted by Gasteiger charge is 2.27. The molecule has 0 aliphatic carbocycles. The molecule has 0 radical (unpaired) electrons. The van der Waals surface area contributed by atoms with Crippen molar-refractivity contribution in [2.24, 2.45) is 0 Å². The number of carbonyl (C=O) groups is 3. The monoisotopic (exact) mass is 547 g/mol. The van der Waals surface area contributed by atoms with E-state index in [9.17, 15) is 19.2 Å². The number of fused-ring (bicyclic) bond motifs is 2. The maximum absolute atomic E-state index is 13.4. The Labute approximate surface area is 227 Å². The predicted molar refractivity (Wildman–Crippen MR) is 145 cm³/mol. The molecule has 200 valence electrons. The SMILES string of the molecule is Cc1c(C(=O)OCCOc2ccccc2)sc2ncn(C(C)C(=O)c3ccc4c(c3)NC(=O)C(C)O4)c(=O)c12. The number of nitrogens with one attached hydrogen (secondary N) is 1. The summed E-state index contributed by atoms with van der Waals surface area (Å²) in [6.45, 7) is 5.10. The van der Waals surface area contributed by atoms with E-state index in [1.807, 2.05) is 18.2 Å². The van der Waals surface area contributed by atoms with Crippen molar-refractivity contribution in [2.75, 3.05) is 18.5 Å². The number of aryl methyl sites for hydroxylation is 1. The van der Waals surface area contributed by atoms with Gasteiger partial charge in [-0.15, -0.1) is 11.3 Å². The normalized spacial score (nSPS) is 15.2. The average Bonchev–Trinajstić information content (AvgIpc) is 3.28. The van der Waals surface area contributed by atoms with Crippen molar-refractivity contribution in [3.8, 4) is 11.5 Å². The maximum Gasteiger partial charge on any atom is 0.348 e. The summed E-state index contributed by atoms with van der Waals surface area (Å²) in [6.07, 6.45) is 0.671. The minimum absolute atomic E-state index is 0.0375. The van der Waals surface area contributed by atoms with Gasteiger partial charge in [0.15, 0.2) is 11.9 Å². The van der Waals surface area contributed by atoms with E-state index in [0.717, 1.165) is 11.3 Å². The fraction of sp³-hybridized carbons (Fsp3) is 0.250. The molecule has 11 heteroatoms. The van der Waals surface area contributed by atoms with Crippen LogP contribution >= 0.6 is 11.3 Å². The second-order valence-corrected chi connectivity index (χ2v) is 9.99. The molecule has 1 aliphatic heterocycles. The summed E-state index contributed by atoms with van der Waals surface area (Å²) >= 11 is 1.06. The Kier molecular flexibility index (Phi) is 7.16. The molecule has 1 amide bonds. The third-order valence-corrected chi connectivity index (χ3v) is 7.56. The molecule has 0 saturated carbocycles. The van der Waals surface area contributed by atoms with Gasteiger partial charge in [0.2, 0.25) is 0 Å². The highest BCUT2D eigenvalue weighted by Crippen LogP contribution is 2.32. The lowest BCUT2D eigenvalue weighted by Gasteiger charge is -2.24. The van der Waals surface area contributed by atoms with E-state index in [-0.39, 0.29) is 35.2 Å². The summed E-state index contributed by atoms with van der Waals surface area (Å²) in [5.41, 5.74) is 0.696. The van der Waals surface area contributed by atoms with Gasteiger partial charge in [-0.3, -0.25) is 19.0 Å². The summed E-state index contributed by atoms with van der Waals surface area (Å²) in [7, 11) is 0. The van der Waals surface area contributed by atoms with Gasteiger partial charge < -0.3 is 19.5 Å². The number of benzene rings is 2. The zero-order valence-corrected chi connectivity index (χ0v) is 22.2. The highest BCUT2D eigenvalue weighted by atomic mass is 32.1. The second-order valence-electron chi connectivity index (χ2n) is 8.99. The molecule has 3 heterocycles. The zero-order valence-electron chi connectivity index (χ0n) is 21.4. The van der Waals surface area contributed by atoms with Crippen LogP contribution in [0, 0.1) is 6.92 Å². The molecule has 1 N–H and O–H groups in total. The molecule has 0 bridgehead atoms. The van der Waals surface area contributed by atoms with Crippen molar-refractivity contribution in [3.05, 3.63) is 81.2 Å². The van der Waals surface area contributed by atoms with Crippen LogP contribution < -0.4 is 20.3 Å². The molecular formula is C28H25N3O7S. The van der Waals surface area contributed by atoms with Gasteiger partial charge in [0, 0.05) is 5.56 Å². The summed E-state index contributed by atoms with van der Waals surface area (Å²) in [6, 6.07) is 13.0. The molecule has 39 heavy (non-hydrogen) atoms. The number of nitrogens with zero attached hydrogens (tertiary/aromatic N) is 2. The first-order valence-corrected chi connectivity index (χ1v) is 13.1. The number of ketones is 1. The van der Waals surface area contributed by atoms with Crippen molar-refractivity contribution >= 4 is 44.9 Å². The number of aromatic nitrogens is 2. The van der Waals surface area contributed by atoms with Crippen LogP contribution in [0.5, 0.6) is 11.5 Å². The fourth-order valence-corrected chi connectivity index (χ4v) is 5.25. The smallest absolute Gasteiger partial charge is 0.348 e. The topological polar surface area (TPSA) is 126 Å². The van der Waals surface area contributed by atoms with Crippen molar-refractivity contribution in [1.29, 1.82) is 0 Å². The van der Waals surface area contributed by atoms with Crippen LogP contribution in [0.25, 0.3) is 10.2 Å². The third kappa shape index (κ3) is 5.13. The molecule has 10 nitrogen and oxygen atoms in total. The van der Waals surface area contributed by atoms with Crippen LogP contribution in [0.2, 0.25) is 0 Å². The Morgan fingerprint density at radius 1 is 1.15 bits per heavy atom. The van der Waals surface area contributed by atoms with E-state index in [0.29, 0.717) is 33.1 Å². The van der Waals surface area contributed by atoms with E-state index >= 15 is 0 Å². The average molecular weight is 548 g/mol. The van der Waals surface area contributed by atoms with Crippen LogP contribution in [-0.4, -0.2) is 46.5 Å². The van der Waals surface area contributed by atoms with Gasteiger partial charge in [0.25, 0.3) is 11.5 Å². The Morgan fingerprint density at radius 2 is 1.92 bits per heavy atom. The van der Waals surface area contributed by atoms with Crippen molar-refractivity contribution < 1.29 is 28.6 Å². The quantitative estimate of drug-likeness (QED) is 0.198. The zero-order chi connectivity index (χ0) is 27.7. The predicted octanol–water partition coefficient (Wildman–Crippen LogP) is 4.17. The molecule has 2 aromatic heterocycles. The van der Waals surface area contributed by atoms with Gasteiger partial charge in [-0.1, -0.05) is 18.2 Å². The number of rotatable bonds is 8. The molecule has 0 spiro atoms. The van der Waals surface area contributed by atoms with E-state index in [1.54, 1.807) is 45.0 Å². The van der Waals surface area contributed by atoms with E-state index in [4.69, 9.17) is 14.2 Å². The Balaban J connectivity index is 1.33. The Bertz CT molecular complexity index is 1640. The minimum Gasteiger partial charge on any atom is -0.490 e. The summed E-state index contributed by atoms with van der Waals surface area (Å²) < 4.78 is 17.7. The number of thiophene rings is 1. The van der Waals surface area contributed by atoms with Crippen LogP contribution in [0.1, 0.15) is 45.5 Å². The summed E-state index contributed by atoms with van der Waals surface area (Å²) in [4.78, 5) is 56.4. The first kappa shape index (κ1) is 26.1. The molecule has 2 atom stereocenters. The first-order valence-electron chi connectivity index (χ1n) is 12.3. The molecule has 5 rings (SSSR count). The number of hydrogen-bond donors (Lipinski definition) is 1. The van der Waals surface area contributed by atoms with Gasteiger partial charge >= 0.3 is 5.97 Å². The number of hydrogen-bond acceptors (Lipinski definition) is 9. The number of anilines is 1. The number of para-hydroxylation sites is 1. The number of amides is 1. The van der Waals surface area contributed by atoms with Gasteiger partial charge in [-0.25, -0.2) is 9.78 Å². The molecule has 4 aromatic rings.